The number of aliphatic hydroxyl groups is 1. The minimum absolute atomic E-state index is 0.0987. The molecule has 3 aliphatic rings. The Morgan fingerprint density at radius 2 is 2.14 bits per heavy atom. The first kappa shape index (κ1) is 22.3. The molecule has 0 fully saturated rings. The molecule has 3 aromatic rings. The molecule has 1 aromatic carbocycles. The van der Waals surface area contributed by atoms with Gasteiger partial charge in [-0.15, -0.1) is 11.8 Å². The van der Waals surface area contributed by atoms with Gasteiger partial charge in [0.1, 0.15) is 6.61 Å². The highest BCUT2D eigenvalue weighted by Crippen LogP contribution is 2.46. The normalized spacial score (nSPS) is 20.6. The number of carbonyl (C=O) groups excluding carboxylic acids is 2. The number of fused-ring (bicyclic) bond motifs is 5. The van der Waals surface area contributed by atoms with Crippen molar-refractivity contribution in [3.63, 3.8) is 0 Å². The minimum Gasteiger partial charge on any atom is -0.458 e. The second-order valence-electron chi connectivity index (χ2n) is 9.23. The van der Waals surface area contributed by atoms with Crippen LogP contribution in [0.3, 0.4) is 0 Å². The van der Waals surface area contributed by atoms with E-state index in [1.165, 1.54) is 0 Å². The zero-order valence-electron chi connectivity index (χ0n) is 19.3. The van der Waals surface area contributed by atoms with Gasteiger partial charge in [-0.3, -0.25) is 9.59 Å². The van der Waals surface area contributed by atoms with E-state index in [4.69, 9.17) is 15.5 Å². The largest absolute Gasteiger partial charge is 0.458 e. The van der Waals surface area contributed by atoms with E-state index in [9.17, 15) is 19.5 Å². The number of pyridine rings is 2. The second-order valence-corrected chi connectivity index (χ2v) is 10.3. The highest BCUT2D eigenvalue weighted by Gasteiger charge is 2.45. The number of hydrogen-bond acceptors (Lipinski definition) is 8. The molecule has 2 atom stereocenters. The van der Waals surface area contributed by atoms with Gasteiger partial charge in [-0.2, -0.15) is 0 Å². The van der Waals surface area contributed by atoms with E-state index in [0.29, 0.717) is 34.7 Å². The molecule has 0 unspecified atom stereocenters. The first-order valence-corrected chi connectivity index (χ1v) is 12.6. The van der Waals surface area contributed by atoms with Crippen LogP contribution in [-0.4, -0.2) is 38.3 Å². The van der Waals surface area contributed by atoms with Crippen molar-refractivity contribution in [3.8, 4) is 11.4 Å². The molecule has 180 valence electrons. The van der Waals surface area contributed by atoms with Gasteiger partial charge in [-0.25, -0.2) is 9.78 Å². The molecule has 0 bridgehead atoms. The van der Waals surface area contributed by atoms with Crippen molar-refractivity contribution in [3.05, 3.63) is 50.8 Å². The van der Waals surface area contributed by atoms with E-state index in [1.807, 2.05) is 12.1 Å². The summed E-state index contributed by atoms with van der Waals surface area (Å²) in [5, 5.41) is 15.0. The Labute approximate surface area is 204 Å². The molecular weight excluding hydrogens is 468 g/mol. The van der Waals surface area contributed by atoms with Crippen LogP contribution in [-0.2, 0) is 39.5 Å². The van der Waals surface area contributed by atoms with Gasteiger partial charge in [0.25, 0.3) is 5.56 Å². The Kier molecular flexibility index (Phi) is 4.86. The molecule has 0 spiro atoms. The van der Waals surface area contributed by atoms with E-state index in [2.05, 4.69) is 5.32 Å². The second kappa shape index (κ2) is 7.64. The number of aryl methyl sites for hydroxylation is 1. The molecule has 35 heavy (non-hydrogen) atoms. The molecule has 4 N–H and O–H groups in total. The van der Waals surface area contributed by atoms with Crippen molar-refractivity contribution >= 4 is 40.2 Å². The van der Waals surface area contributed by atoms with Crippen LogP contribution in [0.4, 0.5) is 5.69 Å². The molecule has 3 aliphatic heterocycles. The zero-order valence-corrected chi connectivity index (χ0v) is 20.1. The summed E-state index contributed by atoms with van der Waals surface area (Å²) in [6.07, 6.45) is 0.897. The lowest BCUT2D eigenvalue weighted by atomic mass is 9.86. The van der Waals surface area contributed by atoms with Crippen LogP contribution in [0.2, 0.25) is 0 Å². The molecule has 0 radical (unpaired) electrons. The van der Waals surface area contributed by atoms with Gasteiger partial charge < -0.3 is 25.5 Å². The third-order valence-corrected chi connectivity index (χ3v) is 8.31. The van der Waals surface area contributed by atoms with Crippen molar-refractivity contribution in [2.75, 3.05) is 11.1 Å². The predicted octanol–water partition coefficient (Wildman–Crippen LogP) is 2.01. The van der Waals surface area contributed by atoms with Crippen LogP contribution in [0.15, 0.2) is 27.9 Å². The number of amides is 1. The Morgan fingerprint density at radius 1 is 1.34 bits per heavy atom. The van der Waals surface area contributed by atoms with Gasteiger partial charge in [0.05, 0.1) is 40.7 Å². The van der Waals surface area contributed by atoms with Crippen LogP contribution in [0, 0.1) is 0 Å². The Hall–Kier alpha value is -3.21. The summed E-state index contributed by atoms with van der Waals surface area (Å²) in [6.45, 7) is 3.53. The van der Waals surface area contributed by atoms with Gasteiger partial charge in [-0.05, 0) is 43.5 Å². The summed E-state index contributed by atoms with van der Waals surface area (Å²) in [5.41, 5.74) is 9.05. The van der Waals surface area contributed by atoms with Crippen LogP contribution in [0.1, 0.15) is 42.5 Å². The number of benzene rings is 1. The maximum Gasteiger partial charge on any atom is 0.343 e. The number of anilines is 1. The number of ether oxygens (including phenoxy) is 1. The van der Waals surface area contributed by atoms with Gasteiger partial charge in [-0.1, -0.05) is 6.92 Å². The number of cyclic esters (lactones) is 1. The lowest BCUT2D eigenvalue weighted by Gasteiger charge is -2.31. The number of rotatable bonds is 3. The lowest BCUT2D eigenvalue weighted by Crippen LogP contribution is -2.44. The predicted molar refractivity (Wildman–Crippen MR) is 131 cm³/mol. The summed E-state index contributed by atoms with van der Waals surface area (Å²) < 4.78 is 6.81. The van der Waals surface area contributed by atoms with Gasteiger partial charge >= 0.3 is 5.97 Å². The number of thioether (sulfide) groups is 1. The van der Waals surface area contributed by atoms with Crippen LogP contribution < -0.4 is 16.6 Å². The number of esters is 1. The highest BCUT2D eigenvalue weighted by molar-refractivity contribution is 7.99. The number of nitrogens with one attached hydrogen (secondary N) is 1. The standard InChI is InChI=1S/C25H24N4O5S/c1-3-25(33)15-8-18-20-13(9-29(18)23(31)14(15)10-34-24(25)32)12-6-7-35-21-17(28-22(30)11(2)26)5-4-16(27-20)19(12)21/h4-5,8,11,33H,3,6-7,9-10,26H2,1-2H3,(H,28,30)/t11-,25-/m0/s1. The summed E-state index contributed by atoms with van der Waals surface area (Å²) in [5.74, 6) is -0.171. The first-order valence-electron chi connectivity index (χ1n) is 11.6. The Bertz CT molecular complexity index is 1530. The SMILES string of the molecule is CC[C@@]1(O)C(=O)OCc2c1cc1n(c2=O)Cc2c-1nc1ccc(NC(=O)[C@H](C)N)c3c1c2CCS3. The van der Waals surface area contributed by atoms with E-state index >= 15 is 0 Å². The number of aromatic nitrogens is 2. The van der Waals surface area contributed by atoms with Crippen LogP contribution in [0.5, 0.6) is 0 Å². The number of hydrogen-bond donors (Lipinski definition) is 3. The maximum atomic E-state index is 13.5. The van der Waals surface area contributed by atoms with Crippen molar-refractivity contribution < 1.29 is 19.4 Å². The third-order valence-electron chi connectivity index (χ3n) is 7.19. The fourth-order valence-electron chi connectivity index (χ4n) is 5.26. The van der Waals surface area contributed by atoms with Gasteiger partial charge in [0.15, 0.2) is 5.60 Å². The smallest absolute Gasteiger partial charge is 0.343 e. The van der Waals surface area contributed by atoms with E-state index in [1.54, 1.807) is 36.2 Å². The van der Waals surface area contributed by atoms with Crippen LogP contribution in [0.25, 0.3) is 22.3 Å². The Balaban J connectivity index is 1.57. The molecule has 9 nitrogen and oxygen atoms in total. The molecule has 10 heteroatoms. The number of nitrogens with two attached hydrogens (primary N) is 1. The molecule has 6 rings (SSSR count). The van der Waals surface area contributed by atoms with Crippen molar-refractivity contribution in [1.82, 2.24) is 9.55 Å². The number of carbonyl (C=O) groups is 2. The Morgan fingerprint density at radius 3 is 2.89 bits per heavy atom. The molecule has 1 amide bonds. The molecule has 0 aliphatic carbocycles. The lowest BCUT2D eigenvalue weighted by molar-refractivity contribution is -0.172. The van der Waals surface area contributed by atoms with E-state index in [0.717, 1.165) is 39.1 Å². The molecule has 5 heterocycles. The molecule has 0 saturated carbocycles. The fourth-order valence-corrected chi connectivity index (χ4v) is 6.41. The van der Waals surface area contributed by atoms with E-state index < -0.39 is 17.6 Å². The topological polar surface area (TPSA) is 137 Å². The molecule has 0 saturated heterocycles. The first-order chi connectivity index (χ1) is 16.7. The summed E-state index contributed by atoms with van der Waals surface area (Å²) in [4.78, 5) is 44.0. The average Bonchev–Trinajstić information content (AvgIpc) is 3.22. The average molecular weight is 493 g/mol. The third kappa shape index (κ3) is 3.03. The highest BCUT2D eigenvalue weighted by atomic mass is 32.2. The monoisotopic (exact) mass is 492 g/mol. The summed E-state index contributed by atoms with van der Waals surface area (Å²) in [7, 11) is 0. The van der Waals surface area contributed by atoms with Crippen molar-refractivity contribution in [2.45, 2.75) is 56.4 Å². The van der Waals surface area contributed by atoms with E-state index in [-0.39, 0.29) is 24.5 Å². The van der Waals surface area contributed by atoms with Gasteiger partial charge in [0.2, 0.25) is 5.91 Å². The molecule has 2 aromatic heterocycles. The summed E-state index contributed by atoms with van der Waals surface area (Å²) in [6, 6.07) is 4.80. The van der Waals surface area contributed by atoms with Gasteiger partial charge in [0, 0.05) is 27.2 Å². The van der Waals surface area contributed by atoms with Crippen molar-refractivity contribution in [1.29, 1.82) is 0 Å². The fraction of sp³-hybridized carbons (Fsp3) is 0.360. The maximum absolute atomic E-state index is 13.5. The van der Waals surface area contributed by atoms with Crippen LogP contribution >= 0.6 is 11.8 Å². The zero-order chi connectivity index (χ0) is 24.6. The number of nitrogens with zero attached hydrogens (tertiary/aromatic N) is 2. The molecular formula is C25H24N4O5S. The minimum atomic E-state index is -1.85. The van der Waals surface area contributed by atoms with Crippen molar-refractivity contribution in [2.24, 2.45) is 5.73 Å². The summed E-state index contributed by atoms with van der Waals surface area (Å²) >= 11 is 1.67. The quantitative estimate of drug-likeness (QED) is 0.370.